The lowest BCUT2D eigenvalue weighted by molar-refractivity contribution is 0.182. The third kappa shape index (κ3) is 3.13. The van der Waals surface area contributed by atoms with Crippen molar-refractivity contribution >= 4 is 17.3 Å². The number of hydrogen-bond acceptors (Lipinski definition) is 5. The van der Waals surface area contributed by atoms with Crippen molar-refractivity contribution in [2.75, 3.05) is 31.7 Å². The molecule has 1 aromatic rings. The van der Waals surface area contributed by atoms with Crippen LogP contribution in [0, 0.1) is 5.92 Å². The number of nitrogens with two attached hydrogens (primary N) is 1. The number of methoxy groups -OCH3 is 1. The summed E-state index contributed by atoms with van der Waals surface area (Å²) in [4.78, 5) is 14.2. The van der Waals surface area contributed by atoms with Gasteiger partial charge < -0.3 is 15.4 Å². The van der Waals surface area contributed by atoms with E-state index in [1.165, 1.54) is 4.68 Å². The number of anilines is 1. The Morgan fingerprint density at radius 2 is 2.35 bits per heavy atom. The zero-order chi connectivity index (χ0) is 14.7. The molecule has 1 aromatic heterocycles. The molecule has 1 aliphatic rings. The Bertz CT molecular complexity index is 520. The van der Waals surface area contributed by atoms with Crippen molar-refractivity contribution in [2.45, 2.75) is 25.9 Å². The molecule has 1 fully saturated rings. The minimum absolute atomic E-state index is 0.208. The van der Waals surface area contributed by atoms with Crippen LogP contribution in [0.15, 0.2) is 11.0 Å². The molecule has 0 radical (unpaired) electrons. The molecule has 0 saturated carbocycles. The minimum Gasteiger partial charge on any atom is -0.383 e. The third-order valence-corrected chi connectivity index (χ3v) is 4.14. The maximum absolute atomic E-state index is 12.1. The number of ether oxygens (including phenoxy) is 1. The third-order valence-electron chi connectivity index (χ3n) is 3.79. The van der Waals surface area contributed by atoms with Gasteiger partial charge in [-0.15, -0.1) is 0 Å². The first-order valence-electron chi connectivity index (χ1n) is 6.79. The highest BCUT2D eigenvalue weighted by Gasteiger charge is 2.25. The second-order valence-corrected chi connectivity index (χ2v) is 5.62. The summed E-state index contributed by atoms with van der Waals surface area (Å²) in [6, 6.07) is 0.208. The average Bonchev–Trinajstić information content (AvgIpc) is 2.44. The predicted molar refractivity (Wildman–Crippen MR) is 79.4 cm³/mol. The Kier molecular flexibility index (Phi) is 5.01. The normalized spacial score (nSPS) is 23.1. The molecule has 7 heteroatoms. The molecular weight excluding hydrogens is 280 g/mol. The molecule has 2 N–H and O–H groups in total. The first-order valence-corrected chi connectivity index (χ1v) is 7.17. The fraction of sp³-hybridized carbons (Fsp3) is 0.692. The van der Waals surface area contributed by atoms with E-state index >= 15 is 0 Å². The second kappa shape index (κ2) is 6.56. The Morgan fingerprint density at radius 1 is 1.60 bits per heavy atom. The lowest BCUT2D eigenvalue weighted by Crippen LogP contribution is -2.46. The van der Waals surface area contributed by atoms with Crippen molar-refractivity contribution in [2.24, 2.45) is 11.7 Å². The van der Waals surface area contributed by atoms with E-state index in [1.807, 2.05) is 0 Å². The highest BCUT2D eigenvalue weighted by molar-refractivity contribution is 6.33. The van der Waals surface area contributed by atoms with Gasteiger partial charge in [0.05, 0.1) is 25.0 Å². The minimum atomic E-state index is -0.274. The summed E-state index contributed by atoms with van der Waals surface area (Å²) in [5.74, 6) is 0.371. The molecule has 0 amide bonds. The van der Waals surface area contributed by atoms with E-state index in [-0.39, 0.29) is 16.6 Å². The van der Waals surface area contributed by atoms with E-state index in [9.17, 15) is 4.79 Å². The van der Waals surface area contributed by atoms with Gasteiger partial charge in [-0.1, -0.05) is 18.5 Å². The Labute approximate surface area is 123 Å². The number of halogens is 1. The summed E-state index contributed by atoms with van der Waals surface area (Å²) in [6.45, 7) is 4.53. The van der Waals surface area contributed by atoms with Gasteiger partial charge in [-0.3, -0.25) is 4.79 Å². The van der Waals surface area contributed by atoms with Crippen molar-refractivity contribution in [1.82, 2.24) is 9.78 Å². The Hall–Kier alpha value is -1.11. The van der Waals surface area contributed by atoms with Crippen LogP contribution < -0.4 is 16.2 Å². The van der Waals surface area contributed by atoms with E-state index in [1.54, 1.807) is 13.3 Å². The number of hydrogen-bond donors (Lipinski definition) is 1. The zero-order valence-electron chi connectivity index (χ0n) is 11.9. The van der Waals surface area contributed by atoms with Gasteiger partial charge in [-0.05, 0) is 12.3 Å². The van der Waals surface area contributed by atoms with Crippen LogP contribution in [0.3, 0.4) is 0 Å². The van der Waals surface area contributed by atoms with Gasteiger partial charge in [-0.2, -0.15) is 5.10 Å². The molecule has 0 aromatic carbocycles. The van der Waals surface area contributed by atoms with Gasteiger partial charge in [0.25, 0.3) is 5.56 Å². The van der Waals surface area contributed by atoms with Crippen molar-refractivity contribution in [3.63, 3.8) is 0 Å². The predicted octanol–water partition coefficient (Wildman–Crippen LogP) is 0.717. The maximum Gasteiger partial charge on any atom is 0.287 e. The summed E-state index contributed by atoms with van der Waals surface area (Å²) < 4.78 is 6.27. The zero-order valence-corrected chi connectivity index (χ0v) is 12.6. The van der Waals surface area contributed by atoms with Crippen LogP contribution in [0.2, 0.25) is 5.02 Å². The van der Waals surface area contributed by atoms with Crippen LogP contribution >= 0.6 is 11.6 Å². The molecule has 0 bridgehead atoms. The monoisotopic (exact) mass is 300 g/mol. The molecule has 2 unspecified atom stereocenters. The van der Waals surface area contributed by atoms with Crippen LogP contribution in [0.5, 0.6) is 0 Å². The summed E-state index contributed by atoms with van der Waals surface area (Å²) >= 11 is 6.21. The SMILES string of the molecule is COCCn1ncc(N2CCC(N)C(C)C2)c(Cl)c1=O. The number of nitrogens with zero attached hydrogens (tertiary/aromatic N) is 3. The summed E-state index contributed by atoms with van der Waals surface area (Å²) in [6.07, 6.45) is 2.55. The molecule has 20 heavy (non-hydrogen) atoms. The van der Waals surface area contributed by atoms with Gasteiger partial charge in [-0.25, -0.2) is 4.68 Å². The first kappa shape index (κ1) is 15.3. The van der Waals surface area contributed by atoms with Crippen molar-refractivity contribution < 1.29 is 4.74 Å². The fourth-order valence-electron chi connectivity index (χ4n) is 2.40. The molecule has 2 atom stereocenters. The van der Waals surface area contributed by atoms with Gasteiger partial charge in [0.1, 0.15) is 5.02 Å². The van der Waals surface area contributed by atoms with Gasteiger partial charge in [0.2, 0.25) is 0 Å². The smallest absolute Gasteiger partial charge is 0.287 e. The Balaban J connectivity index is 2.21. The molecular formula is C13H21ClN4O2. The van der Waals surface area contributed by atoms with Crippen LogP contribution in [-0.2, 0) is 11.3 Å². The number of aromatic nitrogens is 2. The molecule has 2 rings (SSSR count). The molecule has 1 saturated heterocycles. The fourth-order valence-corrected chi connectivity index (χ4v) is 2.66. The van der Waals surface area contributed by atoms with Crippen LogP contribution in [0.25, 0.3) is 0 Å². The first-order chi connectivity index (χ1) is 9.54. The lowest BCUT2D eigenvalue weighted by Gasteiger charge is -2.36. The van der Waals surface area contributed by atoms with E-state index in [2.05, 4.69) is 16.9 Å². The van der Waals surface area contributed by atoms with Gasteiger partial charge in [0.15, 0.2) is 0 Å². The number of rotatable bonds is 4. The van der Waals surface area contributed by atoms with E-state index in [0.29, 0.717) is 24.8 Å². The maximum atomic E-state index is 12.1. The van der Waals surface area contributed by atoms with Crippen LogP contribution in [0.1, 0.15) is 13.3 Å². The van der Waals surface area contributed by atoms with E-state index < -0.39 is 0 Å². The summed E-state index contributed by atoms with van der Waals surface area (Å²) in [7, 11) is 1.58. The number of piperidine rings is 1. The molecule has 112 valence electrons. The summed E-state index contributed by atoms with van der Waals surface area (Å²) in [5, 5.41) is 4.38. The second-order valence-electron chi connectivity index (χ2n) is 5.24. The van der Waals surface area contributed by atoms with Crippen molar-refractivity contribution in [1.29, 1.82) is 0 Å². The largest absolute Gasteiger partial charge is 0.383 e. The standard InChI is InChI=1S/C13H21ClN4O2/c1-9-8-17(4-3-10(9)15)11-7-16-18(5-6-20-2)13(19)12(11)14/h7,9-10H,3-6,8,15H2,1-2H3. The highest BCUT2D eigenvalue weighted by Crippen LogP contribution is 2.26. The Morgan fingerprint density at radius 3 is 3.00 bits per heavy atom. The quantitative estimate of drug-likeness (QED) is 0.887. The molecule has 1 aliphatic heterocycles. The topological polar surface area (TPSA) is 73.4 Å². The summed E-state index contributed by atoms with van der Waals surface area (Å²) in [5.41, 5.74) is 6.43. The molecule has 0 spiro atoms. The van der Waals surface area contributed by atoms with Crippen LogP contribution in [0.4, 0.5) is 5.69 Å². The lowest BCUT2D eigenvalue weighted by atomic mass is 9.94. The molecule has 2 heterocycles. The van der Waals surface area contributed by atoms with Crippen molar-refractivity contribution in [3.8, 4) is 0 Å². The molecule has 0 aliphatic carbocycles. The van der Waals surface area contributed by atoms with E-state index in [0.717, 1.165) is 19.5 Å². The van der Waals surface area contributed by atoms with Crippen molar-refractivity contribution in [3.05, 3.63) is 21.6 Å². The molecule has 6 nitrogen and oxygen atoms in total. The van der Waals surface area contributed by atoms with Gasteiger partial charge in [0, 0.05) is 26.2 Å². The highest BCUT2D eigenvalue weighted by atomic mass is 35.5. The van der Waals surface area contributed by atoms with Gasteiger partial charge >= 0.3 is 0 Å². The van der Waals surface area contributed by atoms with Crippen LogP contribution in [-0.4, -0.2) is 42.6 Å². The average molecular weight is 301 g/mol. The van der Waals surface area contributed by atoms with E-state index in [4.69, 9.17) is 22.1 Å².